The number of hydrogen-bond acceptors (Lipinski definition) is 2. The molecular formula is C19H22ClNO. The van der Waals surface area contributed by atoms with Crippen molar-refractivity contribution in [3.05, 3.63) is 59.7 Å². The van der Waals surface area contributed by atoms with E-state index in [9.17, 15) is 0 Å². The molecule has 0 unspecified atom stereocenters. The van der Waals surface area contributed by atoms with Gasteiger partial charge in [0.25, 0.3) is 0 Å². The van der Waals surface area contributed by atoms with E-state index in [1.165, 1.54) is 11.1 Å². The second-order valence-corrected chi connectivity index (χ2v) is 6.93. The van der Waals surface area contributed by atoms with E-state index in [1.807, 2.05) is 0 Å². The van der Waals surface area contributed by atoms with Gasteiger partial charge < -0.3 is 9.64 Å². The average molecular weight is 316 g/mol. The fourth-order valence-electron chi connectivity index (χ4n) is 4.39. The molecule has 2 heterocycles. The molecule has 0 aliphatic carbocycles. The predicted molar refractivity (Wildman–Crippen MR) is 92.4 cm³/mol. The summed E-state index contributed by atoms with van der Waals surface area (Å²) in [6, 6.07) is 17.0. The maximum absolute atomic E-state index is 6.29. The van der Waals surface area contributed by atoms with Crippen LogP contribution in [0.2, 0.25) is 0 Å². The molecule has 1 saturated heterocycles. The van der Waals surface area contributed by atoms with Gasteiger partial charge in [0.05, 0.1) is 0 Å². The molecule has 0 amide bonds. The van der Waals surface area contributed by atoms with Crippen molar-refractivity contribution in [2.24, 2.45) is 0 Å². The summed E-state index contributed by atoms with van der Waals surface area (Å²) in [5.41, 5.74) is 2.77. The van der Waals surface area contributed by atoms with Gasteiger partial charge in [0.1, 0.15) is 11.5 Å². The summed E-state index contributed by atoms with van der Waals surface area (Å²) in [6.07, 6.45) is 0. The fraction of sp³-hybridized carbons (Fsp3) is 0.368. The number of nitrogens with zero attached hydrogens (tertiary/aromatic N) is 1. The Hall–Kier alpha value is -1.51. The maximum Gasteiger partial charge on any atom is 0.131 e. The Labute approximate surface area is 138 Å². The van der Waals surface area contributed by atoms with Crippen molar-refractivity contribution < 1.29 is 4.74 Å². The molecule has 4 rings (SSSR count). The highest BCUT2D eigenvalue weighted by molar-refractivity contribution is 5.85. The highest BCUT2D eigenvalue weighted by atomic mass is 35.5. The number of ether oxygens (including phenoxy) is 1. The Morgan fingerprint density at radius 1 is 0.818 bits per heavy atom. The second kappa shape index (κ2) is 5.00. The highest BCUT2D eigenvalue weighted by Gasteiger charge is 2.56. The molecule has 22 heavy (non-hydrogen) atoms. The van der Waals surface area contributed by atoms with E-state index < -0.39 is 0 Å². The Bertz CT molecular complexity index is 657. The number of para-hydroxylation sites is 2. The minimum absolute atomic E-state index is 0. The number of likely N-dealkylation sites (N-methyl/N-ethyl adjacent to an activating group) is 1. The molecule has 2 aliphatic rings. The van der Waals surface area contributed by atoms with Crippen LogP contribution < -0.4 is 4.74 Å². The van der Waals surface area contributed by atoms with Crippen molar-refractivity contribution in [1.29, 1.82) is 0 Å². The Balaban J connectivity index is 0.00000144. The van der Waals surface area contributed by atoms with Crippen LogP contribution in [0.25, 0.3) is 0 Å². The number of likely N-dealkylation sites (tertiary alicyclic amines) is 1. The summed E-state index contributed by atoms with van der Waals surface area (Å²) in [4.78, 5) is 2.44. The van der Waals surface area contributed by atoms with Crippen LogP contribution in [0, 0.1) is 0 Å². The van der Waals surface area contributed by atoms with Gasteiger partial charge in [-0.1, -0.05) is 50.2 Å². The Kier molecular flexibility index (Phi) is 3.50. The zero-order valence-electron chi connectivity index (χ0n) is 13.3. The average Bonchev–Trinajstić information content (AvgIpc) is 2.67. The number of fused-ring (bicyclic) bond motifs is 5. The summed E-state index contributed by atoms with van der Waals surface area (Å²) in [5, 5.41) is 0. The van der Waals surface area contributed by atoms with Crippen LogP contribution >= 0.6 is 12.4 Å². The Morgan fingerprint density at radius 3 is 1.68 bits per heavy atom. The van der Waals surface area contributed by atoms with Crippen molar-refractivity contribution in [2.45, 2.75) is 24.7 Å². The molecule has 0 bridgehead atoms. The molecule has 2 aromatic carbocycles. The van der Waals surface area contributed by atoms with E-state index in [2.05, 4.69) is 74.3 Å². The van der Waals surface area contributed by atoms with Gasteiger partial charge in [-0.05, 0) is 19.2 Å². The molecule has 1 fully saturated rings. The van der Waals surface area contributed by atoms with Crippen molar-refractivity contribution in [1.82, 2.24) is 4.90 Å². The lowest BCUT2D eigenvalue weighted by Crippen LogP contribution is -2.43. The predicted octanol–water partition coefficient (Wildman–Crippen LogP) is 4.38. The third-order valence-electron chi connectivity index (χ3n) is 5.57. The van der Waals surface area contributed by atoms with Gasteiger partial charge in [-0.2, -0.15) is 0 Å². The summed E-state index contributed by atoms with van der Waals surface area (Å²) in [6.45, 7) is 6.89. The molecule has 0 radical (unpaired) electrons. The zero-order chi connectivity index (χ0) is 14.7. The summed E-state index contributed by atoms with van der Waals surface area (Å²) >= 11 is 0. The molecule has 2 nitrogen and oxygen atoms in total. The van der Waals surface area contributed by atoms with Gasteiger partial charge in [-0.25, -0.2) is 0 Å². The van der Waals surface area contributed by atoms with Gasteiger partial charge >= 0.3 is 0 Å². The first kappa shape index (κ1) is 15.4. The van der Waals surface area contributed by atoms with Gasteiger partial charge in [-0.3, -0.25) is 0 Å². The topological polar surface area (TPSA) is 12.5 Å². The summed E-state index contributed by atoms with van der Waals surface area (Å²) in [7, 11) is 2.22. The molecule has 2 atom stereocenters. The number of benzene rings is 2. The van der Waals surface area contributed by atoms with Gasteiger partial charge in [0.15, 0.2) is 0 Å². The SMILES string of the molecule is CN1C[C@]2(C)c3ccccc3Oc3ccccc3[C@@]2(C)C1.Cl. The van der Waals surface area contributed by atoms with Crippen LogP contribution in [-0.2, 0) is 10.8 Å². The third kappa shape index (κ3) is 1.84. The number of hydrogen-bond donors (Lipinski definition) is 0. The number of rotatable bonds is 0. The lowest BCUT2D eigenvalue weighted by atomic mass is 9.61. The van der Waals surface area contributed by atoms with Crippen LogP contribution in [0.15, 0.2) is 48.5 Å². The summed E-state index contributed by atoms with van der Waals surface area (Å²) < 4.78 is 6.29. The van der Waals surface area contributed by atoms with Gasteiger partial charge in [0.2, 0.25) is 0 Å². The highest BCUT2D eigenvalue weighted by Crippen LogP contribution is 2.56. The van der Waals surface area contributed by atoms with Crippen LogP contribution in [-0.4, -0.2) is 25.0 Å². The van der Waals surface area contributed by atoms with Gasteiger partial charge in [-0.15, -0.1) is 12.4 Å². The van der Waals surface area contributed by atoms with Crippen LogP contribution in [0.3, 0.4) is 0 Å². The van der Waals surface area contributed by atoms with Crippen molar-refractivity contribution in [3.63, 3.8) is 0 Å². The second-order valence-electron chi connectivity index (χ2n) is 6.93. The van der Waals surface area contributed by atoms with Crippen molar-refractivity contribution >= 4 is 12.4 Å². The first-order valence-electron chi connectivity index (χ1n) is 7.60. The van der Waals surface area contributed by atoms with E-state index in [-0.39, 0.29) is 23.2 Å². The van der Waals surface area contributed by atoms with Crippen LogP contribution in [0.5, 0.6) is 11.5 Å². The first-order chi connectivity index (χ1) is 10.0. The third-order valence-corrected chi connectivity index (χ3v) is 5.57. The van der Waals surface area contributed by atoms with E-state index in [0.717, 1.165) is 24.6 Å². The van der Waals surface area contributed by atoms with E-state index in [1.54, 1.807) is 0 Å². The van der Waals surface area contributed by atoms with E-state index in [0.29, 0.717) is 0 Å². The number of halogens is 1. The van der Waals surface area contributed by atoms with Crippen LogP contribution in [0.4, 0.5) is 0 Å². The lowest BCUT2D eigenvalue weighted by molar-refractivity contribution is 0.336. The largest absolute Gasteiger partial charge is 0.457 e. The quantitative estimate of drug-likeness (QED) is 0.715. The lowest BCUT2D eigenvalue weighted by Gasteiger charge is -2.39. The molecule has 3 heteroatoms. The van der Waals surface area contributed by atoms with Gasteiger partial charge in [0, 0.05) is 35.0 Å². The fourth-order valence-corrected chi connectivity index (χ4v) is 4.39. The smallest absolute Gasteiger partial charge is 0.131 e. The van der Waals surface area contributed by atoms with E-state index >= 15 is 0 Å². The van der Waals surface area contributed by atoms with Crippen molar-refractivity contribution in [3.8, 4) is 11.5 Å². The maximum atomic E-state index is 6.29. The molecule has 0 spiro atoms. The molecule has 2 aromatic rings. The van der Waals surface area contributed by atoms with Crippen LogP contribution in [0.1, 0.15) is 25.0 Å². The molecular weight excluding hydrogens is 294 g/mol. The molecule has 116 valence electrons. The molecule has 0 saturated carbocycles. The monoisotopic (exact) mass is 315 g/mol. The van der Waals surface area contributed by atoms with E-state index in [4.69, 9.17) is 4.74 Å². The normalized spacial score (nSPS) is 29.4. The zero-order valence-corrected chi connectivity index (χ0v) is 14.1. The Morgan fingerprint density at radius 2 is 1.23 bits per heavy atom. The van der Waals surface area contributed by atoms with Crippen molar-refractivity contribution in [2.75, 3.05) is 20.1 Å². The molecule has 2 aliphatic heterocycles. The standard InChI is InChI=1S/C19H21NO.ClH/c1-18-12-20(3)13-19(18,2)15-9-5-7-11-17(15)21-16-10-6-4-8-14(16)18;/h4-11H,12-13H2,1-3H3;1H/t18-,19-;/m1./s1. The minimum atomic E-state index is 0. The minimum Gasteiger partial charge on any atom is -0.457 e. The molecule has 0 N–H and O–H groups in total. The summed E-state index contributed by atoms with van der Waals surface area (Å²) in [5.74, 6) is 2.01. The molecule has 0 aromatic heterocycles. The first-order valence-corrected chi connectivity index (χ1v) is 7.60.